The van der Waals surface area contributed by atoms with E-state index in [-0.39, 0.29) is 0 Å². The van der Waals surface area contributed by atoms with Crippen molar-refractivity contribution in [3.63, 3.8) is 0 Å². The zero-order valence-electron chi connectivity index (χ0n) is 11.3. The number of rotatable bonds is 2. The van der Waals surface area contributed by atoms with Gasteiger partial charge in [-0.1, -0.05) is 22.4 Å². The Hall–Kier alpha value is -0.740. The minimum absolute atomic E-state index is 0.590. The third-order valence-corrected chi connectivity index (χ3v) is 5.05. The van der Waals surface area contributed by atoms with E-state index >= 15 is 0 Å². The lowest BCUT2D eigenvalue weighted by atomic mass is 9.96. The average Bonchev–Trinajstić information content (AvgIpc) is 2.46. The van der Waals surface area contributed by atoms with Crippen LogP contribution in [-0.2, 0) is 6.42 Å². The Kier molecular flexibility index (Phi) is 3.99. The van der Waals surface area contributed by atoms with Crippen molar-refractivity contribution < 1.29 is 9.47 Å². The first-order valence-electron chi connectivity index (χ1n) is 7.06. The van der Waals surface area contributed by atoms with Gasteiger partial charge < -0.3 is 14.8 Å². The van der Waals surface area contributed by atoms with Gasteiger partial charge in [0.25, 0.3) is 0 Å². The van der Waals surface area contributed by atoms with Gasteiger partial charge in [0.15, 0.2) is 11.5 Å². The molecular weight excluding hydrogens is 306 g/mol. The second-order valence-corrected chi connectivity index (χ2v) is 6.14. The van der Waals surface area contributed by atoms with Crippen molar-refractivity contribution >= 4 is 15.9 Å². The summed E-state index contributed by atoms with van der Waals surface area (Å²) >= 11 is 3.72. The highest BCUT2D eigenvalue weighted by Gasteiger charge is 2.21. The Bertz CT molecular complexity index is 470. The van der Waals surface area contributed by atoms with Crippen molar-refractivity contribution in [3.05, 3.63) is 21.7 Å². The highest BCUT2D eigenvalue weighted by atomic mass is 79.9. The SMILES string of the molecule is Cc1c(Br)c(CC2CCCCN2)cc2c1OCCO2. The van der Waals surface area contributed by atoms with Crippen molar-refractivity contribution in [2.24, 2.45) is 0 Å². The predicted molar refractivity (Wildman–Crippen MR) is 79.2 cm³/mol. The van der Waals surface area contributed by atoms with Crippen molar-refractivity contribution in [1.82, 2.24) is 5.32 Å². The van der Waals surface area contributed by atoms with E-state index < -0.39 is 0 Å². The lowest BCUT2D eigenvalue weighted by Gasteiger charge is -2.26. The largest absolute Gasteiger partial charge is 0.486 e. The normalized spacial score (nSPS) is 22.3. The molecule has 2 aliphatic rings. The molecule has 1 N–H and O–H groups in total. The molecule has 3 rings (SSSR count). The average molecular weight is 326 g/mol. The maximum Gasteiger partial charge on any atom is 0.165 e. The molecular formula is C15H20BrNO2. The smallest absolute Gasteiger partial charge is 0.165 e. The summed E-state index contributed by atoms with van der Waals surface area (Å²) in [5.41, 5.74) is 2.48. The summed E-state index contributed by atoms with van der Waals surface area (Å²) in [7, 11) is 0. The van der Waals surface area contributed by atoms with E-state index in [0.29, 0.717) is 19.3 Å². The fourth-order valence-electron chi connectivity index (χ4n) is 2.91. The quantitative estimate of drug-likeness (QED) is 0.905. The van der Waals surface area contributed by atoms with Gasteiger partial charge in [-0.2, -0.15) is 0 Å². The van der Waals surface area contributed by atoms with Crippen LogP contribution < -0.4 is 14.8 Å². The number of halogens is 1. The van der Waals surface area contributed by atoms with Gasteiger partial charge in [-0.3, -0.25) is 0 Å². The highest BCUT2D eigenvalue weighted by molar-refractivity contribution is 9.10. The van der Waals surface area contributed by atoms with Crippen LogP contribution in [0.3, 0.4) is 0 Å². The second-order valence-electron chi connectivity index (χ2n) is 5.35. The van der Waals surface area contributed by atoms with Crippen LogP contribution in [0.2, 0.25) is 0 Å². The predicted octanol–water partition coefficient (Wildman–Crippen LogP) is 3.21. The molecule has 104 valence electrons. The summed E-state index contributed by atoms with van der Waals surface area (Å²) in [6.07, 6.45) is 4.95. The Balaban J connectivity index is 1.86. The first kappa shape index (κ1) is 13.3. The molecule has 0 spiro atoms. The molecule has 2 aliphatic heterocycles. The minimum Gasteiger partial charge on any atom is -0.486 e. The second kappa shape index (κ2) is 5.71. The molecule has 0 aliphatic carbocycles. The van der Waals surface area contributed by atoms with Crippen LogP contribution in [0.25, 0.3) is 0 Å². The number of hydrogen-bond donors (Lipinski definition) is 1. The Morgan fingerprint density at radius 2 is 2.16 bits per heavy atom. The first-order valence-corrected chi connectivity index (χ1v) is 7.86. The van der Waals surface area contributed by atoms with E-state index in [2.05, 4.69) is 34.2 Å². The number of hydrogen-bond acceptors (Lipinski definition) is 3. The molecule has 1 fully saturated rings. The van der Waals surface area contributed by atoms with Crippen LogP contribution in [0.15, 0.2) is 10.5 Å². The molecule has 2 heterocycles. The summed E-state index contributed by atoms with van der Waals surface area (Å²) in [5.74, 6) is 1.80. The van der Waals surface area contributed by atoms with E-state index in [1.54, 1.807) is 0 Å². The first-order chi connectivity index (χ1) is 9.25. The van der Waals surface area contributed by atoms with Gasteiger partial charge in [0.2, 0.25) is 0 Å². The molecule has 1 aromatic rings. The molecule has 1 unspecified atom stereocenters. The molecule has 1 aromatic carbocycles. The topological polar surface area (TPSA) is 30.5 Å². The van der Waals surface area contributed by atoms with Crippen LogP contribution in [0.1, 0.15) is 30.4 Å². The Morgan fingerprint density at radius 3 is 2.95 bits per heavy atom. The molecule has 4 heteroatoms. The van der Waals surface area contributed by atoms with Gasteiger partial charge in [-0.05, 0) is 44.4 Å². The summed E-state index contributed by atoms with van der Waals surface area (Å²) in [4.78, 5) is 0. The van der Waals surface area contributed by atoms with Gasteiger partial charge in [-0.25, -0.2) is 0 Å². The lowest BCUT2D eigenvalue weighted by Crippen LogP contribution is -2.35. The third kappa shape index (κ3) is 2.75. The summed E-state index contributed by atoms with van der Waals surface area (Å²) in [5, 5.41) is 3.60. The maximum absolute atomic E-state index is 5.72. The molecule has 0 bridgehead atoms. The van der Waals surface area contributed by atoms with Crippen molar-refractivity contribution in [2.75, 3.05) is 19.8 Å². The molecule has 0 saturated carbocycles. The van der Waals surface area contributed by atoms with E-state index in [0.717, 1.165) is 30.0 Å². The Labute approximate surface area is 122 Å². The van der Waals surface area contributed by atoms with E-state index in [4.69, 9.17) is 9.47 Å². The zero-order chi connectivity index (χ0) is 13.2. The molecule has 0 aromatic heterocycles. The number of ether oxygens (including phenoxy) is 2. The molecule has 0 amide bonds. The van der Waals surface area contributed by atoms with Gasteiger partial charge in [0, 0.05) is 16.1 Å². The maximum atomic E-state index is 5.72. The van der Waals surface area contributed by atoms with Crippen LogP contribution in [0.5, 0.6) is 11.5 Å². The number of nitrogens with one attached hydrogen (secondary N) is 1. The number of benzene rings is 1. The van der Waals surface area contributed by atoms with Crippen molar-refractivity contribution in [2.45, 2.75) is 38.6 Å². The monoisotopic (exact) mass is 325 g/mol. The fourth-order valence-corrected chi connectivity index (χ4v) is 3.36. The van der Waals surface area contributed by atoms with Crippen LogP contribution in [-0.4, -0.2) is 25.8 Å². The standard InChI is InChI=1S/C15H20BrNO2/c1-10-14(16)11(8-12-4-2-3-5-17-12)9-13-15(10)19-7-6-18-13/h9,12,17H,2-8H2,1H3. The number of piperidine rings is 1. The molecule has 1 saturated heterocycles. The van der Waals surface area contributed by atoms with E-state index in [1.807, 2.05) is 0 Å². The van der Waals surface area contributed by atoms with Gasteiger partial charge >= 0.3 is 0 Å². The van der Waals surface area contributed by atoms with Crippen molar-refractivity contribution in [3.8, 4) is 11.5 Å². The van der Waals surface area contributed by atoms with Crippen LogP contribution >= 0.6 is 15.9 Å². The van der Waals surface area contributed by atoms with E-state index in [9.17, 15) is 0 Å². The highest BCUT2D eigenvalue weighted by Crippen LogP contribution is 2.40. The zero-order valence-corrected chi connectivity index (χ0v) is 12.9. The summed E-state index contributed by atoms with van der Waals surface area (Å²) < 4.78 is 12.6. The lowest BCUT2D eigenvalue weighted by molar-refractivity contribution is 0.170. The molecule has 3 nitrogen and oxygen atoms in total. The fraction of sp³-hybridized carbons (Fsp3) is 0.600. The van der Waals surface area contributed by atoms with Crippen LogP contribution in [0.4, 0.5) is 0 Å². The van der Waals surface area contributed by atoms with Crippen LogP contribution in [0, 0.1) is 6.92 Å². The van der Waals surface area contributed by atoms with Crippen molar-refractivity contribution in [1.29, 1.82) is 0 Å². The van der Waals surface area contributed by atoms with Gasteiger partial charge in [0.05, 0.1) is 0 Å². The van der Waals surface area contributed by atoms with E-state index in [1.165, 1.54) is 29.3 Å². The summed E-state index contributed by atoms with van der Waals surface area (Å²) in [6.45, 7) is 4.53. The Morgan fingerprint density at radius 1 is 1.32 bits per heavy atom. The van der Waals surface area contributed by atoms with Gasteiger partial charge in [-0.15, -0.1) is 0 Å². The minimum atomic E-state index is 0.590. The summed E-state index contributed by atoms with van der Waals surface area (Å²) in [6, 6.07) is 2.73. The molecule has 1 atom stereocenters. The van der Waals surface area contributed by atoms with Gasteiger partial charge in [0.1, 0.15) is 13.2 Å². The number of fused-ring (bicyclic) bond motifs is 1. The molecule has 0 radical (unpaired) electrons. The molecule has 19 heavy (non-hydrogen) atoms. The third-order valence-electron chi connectivity index (χ3n) is 3.95.